The van der Waals surface area contributed by atoms with Crippen molar-refractivity contribution in [3.63, 3.8) is 0 Å². The van der Waals surface area contributed by atoms with Crippen LogP contribution >= 0.6 is 23.2 Å². The number of rotatable bonds is 8. The summed E-state index contributed by atoms with van der Waals surface area (Å²) in [6.45, 7) is 1.81. The number of esters is 1. The van der Waals surface area contributed by atoms with Gasteiger partial charge >= 0.3 is 5.97 Å². The molecule has 3 rings (SSSR count). The first kappa shape index (κ1) is 23.8. The summed E-state index contributed by atoms with van der Waals surface area (Å²) in [6.07, 6.45) is -1.08. The fraction of sp³-hybridized carbons (Fsp3) is 0.304. The lowest BCUT2D eigenvalue weighted by Crippen LogP contribution is -2.43. The molecule has 1 aliphatic heterocycles. The van der Waals surface area contributed by atoms with Crippen LogP contribution in [0.5, 0.6) is 0 Å². The van der Waals surface area contributed by atoms with Crippen LogP contribution in [0, 0.1) is 12.8 Å². The molecule has 0 saturated carbocycles. The quantitative estimate of drug-likeness (QED) is 0.357. The van der Waals surface area contributed by atoms with Crippen molar-refractivity contribution in [1.29, 1.82) is 0 Å². The van der Waals surface area contributed by atoms with Crippen LogP contribution in [0.3, 0.4) is 0 Å². The Balaban J connectivity index is 1.62. The first-order chi connectivity index (χ1) is 15.3. The van der Waals surface area contributed by atoms with Crippen molar-refractivity contribution in [1.82, 2.24) is 10.4 Å². The molecule has 2 aromatic rings. The summed E-state index contributed by atoms with van der Waals surface area (Å²) in [5, 5.41) is 1.58. The van der Waals surface area contributed by atoms with Crippen molar-refractivity contribution in [2.45, 2.75) is 25.9 Å². The smallest absolute Gasteiger partial charge is 0.312 e. The second-order valence-corrected chi connectivity index (χ2v) is 8.30. The average molecular weight is 477 g/mol. The maximum atomic E-state index is 12.7. The van der Waals surface area contributed by atoms with Gasteiger partial charge in [0.05, 0.1) is 12.5 Å². The van der Waals surface area contributed by atoms with Crippen LogP contribution in [0.4, 0.5) is 0 Å². The number of hydrazine groups is 1. The minimum Gasteiger partial charge on any atom is -0.454 e. The number of carbonyl (C=O) groups is 4. The van der Waals surface area contributed by atoms with Gasteiger partial charge in [-0.05, 0) is 43.3 Å². The highest BCUT2D eigenvalue weighted by molar-refractivity contribution is 6.30. The van der Waals surface area contributed by atoms with Crippen molar-refractivity contribution in [2.75, 3.05) is 12.4 Å². The van der Waals surface area contributed by atoms with Gasteiger partial charge in [0.25, 0.3) is 5.91 Å². The molecule has 7 nitrogen and oxygen atoms in total. The summed E-state index contributed by atoms with van der Waals surface area (Å²) in [7, 11) is 0. The van der Waals surface area contributed by atoms with Gasteiger partial charge in [0.1, 0.15) is 0 Å². The molecule has 0 spiro atoms. The molecule has 2 atom stereocenters. The number of aryl methyl sites for hydroxylation is 1. The van der Waals surface area contributed by atoms with Crippen molar-refractivity contribution in [2.24, 2.45) is 5.92 Å². The normalized spacial score (nSPS) is 16.5. The minimum absolute atomic E-state index is 0.0437. The summed E-state index contributed by atoms with van der Waals surface area (Å²) in [4.78, 5) is 50.2. The van der Waals surface area contributed by atoms with E-state index in [1.54, 1.807) is 42.5 Å². The second kappa shape index (κ2) is 10.6. The molecule has 0 unspecified atom stereocenters. The zero-order chi connectivity index (χ0) is 23.3. The maximum absolute atomic E-state index is 12.7. The van der Waals surface area contributed by atoms with Gasteiger partial charge in [-0.3, -0.25) is 29.6 Å². The van der Waals surface area contributed by atoms with Gasteiger partial charge in [-0.15, -0.1) is 11.6 Å². The lowest BCUT2D eigenvalue weighted by atomic mass is 10.0. The zero-order valence-electron chi connectivity index (χ0n) is 17.3. The largest absolute Gasteiger partial charge is 0.454 e. The highest BCUT2D eigenvalue weighted by atomic mass is 35.5. The number of hydrogen-bond acceptors (Lipinski definition) is 5. The molecular formula is C23H22Cl2N2O5. The highest BCUT2D eigenvalue weighted by Crippen LogP contribution is 2.21. The van der Waals surface area contributed by atoms with Gasteiger partial charge < -0.3 is 4.74 Å². The molecule has 0 aromatic heterocycles. The Hall–Kier alpha value is -2.90. The summed E-state index contributed by atoms with van der Waals surface area (Å²) in [5.41, 5.74) is 4.17. The third-order valence-electron chi connectivity index (χ3n) is 5.03. The number of hydrogen-bond donors (Lipinski definition) is 1. The number of ketones is 1. The van der Waals surface area contributed by atoms with E-state index in [0.717, 1.165) is 10.6 Å². The SMILES string of the molecule is Cc1cccc(C(=O)NN2C[C@@H](C(=O)O[C@H](CCCl)C(=O)c3ccc(Cl)cc3)CC2=O)c1. The number of benzene rings is 2. The molecule has 1 aliphatic rings. The van der Waals surface area contributed by atoms with Crippen molar-refractivity contribution >= 4 is 46.8 Å². The van der Waals surface area contributed by atoms with Crippen LogP contribution in [-0.2, 0) is 14.3 Å². The number of nitrogens with zero attached hydrogens (tertiary/aromatic N) is 1. The van der Waals surface area contributed by atoms with Gasteiger partial charge in [-0.1, -0.05) is 29.3 Å². The summed E-state index contributed by atoms with van der Waals surface area (Å²) < 4.78 is 5.43. The van der Waals surface area contributed by atoms with Crippen LogP contribution in [0.25, 0.3) is 0 Å². The molecule has 0 radical (unpaired) electrons. The third-order valence-corrected chi connectivity index (χ3v) is 5.50. The number of halogens is 2. The Morgan fingerprint density at radius 3 is 2.53 bits per heavy atom. The minimum atomic E-state index is -1.08. The first-order valence-corrected chi connectivity index (χ1v) is 10.9. The maximum Gasteiger partial charge on any atom is 0.312 e. The number of alkyl halides is 1. The van der Waals surface area contributed by atoms with Crippen LogP contribution in [0.1, 0.15) is 39.1 Å². The predicted molar refractivity (Wildman–Crippen MR) is 119 cm³/mol. The topological polar surface area (TPSA) is 92.8 Å². The summed E-state index contributed by atoms with van der Waals surface area (Å²) in [5.74, 6) is -2.65. The van der Waals surface area contributed by atoms with Crippen molar-refractivity contribution < 1.29 is 23.9 Å². The molecule has 2 aromatic carbocycles. The van der Waals surface area contributed by atoms with E-state index >= 15 is 0 Å². The van der Waals surface area contributed by atoms with E-state index in [-0.39, 0.29) is 25.3 Å². The van der Waals surface area contributed by atoms with E-state index in [1.807, 2.05) is 13.0 Å². The van der Waals surface area contributed by atoms with Crippen molar-refractivity contribution in [3.05, 3.63) is 70.2 Å². The summed E-state index contributed by atoms with van der Waals surface area (Å²) >= 11 is 11.6. The lowest BCUT2D eigenvalue weighted by molar-refractivity contribution is -0.151. The molecule has 32 heavy (non-hydrogen) atoms. The highest BCUT2D eigenvalue weighted by Gasteiger charge is 2.38. The van der Waals surface area contributed by atoms with E-state index in [9.17, 15) is 19.2 Å². The lowest BCUT2D eigenvalue weighted by Gasteiger charge is -2.20. The van der Waals surface area contributed by atoms with E-state index in [4.69, 9.17) is 27.9 Å². The molecule has 1 N–H and O–H groups in total. The second-order valence-electron chi connectivity index (χ2n) is 7.49. The van der Waals surface area contributed by atoms with E-state index in [1.165, 1.54) is 0 Å². The van der Waals surface area contributed by atoms with Crippen LogP contribution in [0.15, 0.2) is 48.5 Å². The Labute approximate surface area is 195 Å². The monoisotopic (exact) mass is 476 g/mol. The third kappa shape index (κ3) is 5.87. The average Bonchev–Trinajstić information content (AvgIpc) is 3.13. The van der Waals surface area contributed by atoms with Gasteiger partial charge in [0.15, 0.2) is 6.10 Å². The molecule has 168 valence electrons. The fourth-order valence-corrected chi connectivity index (χ4v) is 3.65. The molecule has 1 saturated heterocycles. The molecular weight excluding hydrogens is 455 g/mol. The Morgan fingerprint density at radius 2 is 1.88 bits per heavy atom. The van der Waals surface area contributed by atoms with E-state index < -0.39 is 35.6 Å². The predicted octanol–water partition coefficient (Wildman–Crippen LogP) is 3.57. The van der Waals surface area contributed by atoms with Gasteiger partial charge in [-0.25, -0.2) is 0 Å². The molecule has 9 heteroatoms. The Morgan fingerprint density at radius 1 is 1.16 bits per heavy atom. The Bertz CT molecular complexity index is 1030. The van der Waals surface area contributed by atoms with Crippen LogP contribution in [0.2, 0.25) is 5.02 Å². The molecule has 2 amide bonds. The standard InChI is InChI=1S/C23H22Cl2N2O5/c1-14-3-2-4-16(11-14)22(30)26-27-13-17(12-20(27)28)23(31)32-19(9-10-24)21(29)15-5-7-18(25)8-6-15/h2-8,11,17,19H,9-10,12-13H2,1H3,(H,26,30)/t17-,19+/m0/s1. The molecule has 0 aliphatic carbocycles. The number of Topliss-reactive ketones (excluding diaryl/α,β-unsaturated/α-hetero) is 1. The first-order valence-electron chi connectivity index (χ1n) is 10.0. The molecule has 0 bridgehead atoms. The van der Waals surface area contributed by atoms with E-state index in [2.05, 4.69) is 5.43 Å². The number of nitrogens with one attached hydrogen (secondary N) is 1. The fourth-order valence-electron chi connectivity index (χ4n) is 3.33. The molecule has 1 heterocycles. The van der Waals surface area contributed by atoms with Crippen LogP contribution in [-0.4, -0.2) is 47.1 Å². The molecule has 1 fully saturated rings. The summed E-state index contributed by atoms with van der Waals surface area (Å²) in [6, 6.07) is 13.1. The van der Waals surface area contributed by atoms with Crippen molar-refractivity contribution in [3.8, 4) is 0 Å². The van der Waals surface area contributed by atoms with Crippen LogP contribution < -0.4 is 5.43 Å². The number of ether oxygens (including phenoxy) is 1. The zero-order valence-corrected chi connectivity index (χ0v) is 18.9. The van der Waals surface area contributed by atoms with Gasteiger partial charge in [0, 0.05) is 34.9 Å². The van der Waals surface area contributed by atoms with Gasteiger partial charge in [0.2, 0.25) is 11.7 Å². The number of amides is 2. The Kier molecular flexibility index (Phi) is 7.88. The number of carbonyl (C=O) groups excluding carboxylic acids is 4. The van der Waals surface area contributed by atoms with E-state index in [0.29, 0.717) is 16.1 Å². The van der Waals surface area contributed by atoms with Gasteiger partial charge in [-0.2, -0.15) is 0 Å².